The fourth-order valence-corrected chi connectivity index (χ4v) is 4.04. The van der Waals surface area contributed by atoms with E-state index in [0.29, 0.717) is 31.0 Å². The predicted octanol–water partition coefficient (Wildman–Crippen LogP) is 2.61. The van der Waals surface area contributed by atoms with Crippen LogP contribution in [-0.4, -0.2) is 67.5 Å². The molecule has 1 unspecified atom stereocenters. The molecule has 1 N–H and O–H groups in total. The first-order valence-corrected chi connectivity index (χ1v) is 10.2. The van der Waals surface area contributed by atoms with Crippen molar-refractivity contribution in [1.82, 2.24) is 9.80 Å². The predicted molar refractivity (Wildman–Crippen MR) is 116 cm³/mol. The summed E-state index contributed by atoms with van der Waals surface area (Å²) >= 11 is 0. The molecule has 2 aliphatic rings. The van der Waals surface area contributed by atoms with Gasteiger partial charge >= 0.3 is 0 Å². The van der Waals surface area contributed by atoms with Crippen LogP contribution in [0.25, 0.3) is 5.76 Å². The lowest BCUT2D eigenvalue weighted by atomic mass is 9.94. The summed E-state index contributed by atoms with van der Waals surface area (Å²) in [5, 5.41) is 11.2. The average Bonchev–Trinajstić information content (AvgIpc) is 3.34. The maximum Gasteiger partial charge on any atom is 0.295 e. The van der Waals surface area contributed by atoms with Gasteiger partial charge in [-0.2, -0.15) is 0 Å². The van der Waals surface area contributed by atoms with Gasteiger partial charge in [-0.25, -0.2) is 0 Å². The van der Waals surface area contributed by atoms with E-state index in [4.69, 9.17) is 9.47 Å². The molecule has 2 heterocycles. The zero-order chi connectivity index (χ0) is 22.1. The number of carbonyl (C=O) groups excluding carboxylic acids is 2. The van der Waals surface area contributed by atoms with Crippen molar-refractivity contribution in [2.45, 2.75) is 12.5 Å². The van der Waals surface area contributed by atoms with E-state index in [2.05, 4.69) is 0 Å². The first kappa shape index (κ1) is 20.9. The quantitative estimate of drug-likeness (QED) is 0.438. The molecule has 0 radical (unpaired) electrons. The van der Waals surface area contributed by atoms with Crippen LogP contribution in [0.2, 0.25) is 0 Å². The van der Waals surface area contributed by atoms with Crippen molar-refractivity contribution in [3.8, 4) is 11.5 Å². The molecule has 0 saturated carbocycles. The molecule has 7 heteroatoms. The Balaban J connectivity index is 1.81. The highest BCUT2D eigenvalue weighted by Gasteiger charge is 2.45. The number of aliphatic hydroxyl groups excluding tert-OH is 1. The van der Waals surface area contributed by atoms with E-state index in [1.54, 1.807) is 31.4 Å². The second kappa shape index (κ2) is 8.43. The smallest absolute Gasteiger partial charge is 0.295 e. The number of carbonyl (C=O) groups is 2. The number of fused-ring (bicyclic) bond motifs is 1. The summed E-state index contributed by atoms with van der Waals surface area (Å²) in [6.07, 6.45) is 0.746. The van der Waals surface area contributed by atoms with Gasteiger partial charge in [-0.3, -0.25) is 9.59 Å². The third-order valence-corrected chi connectivity index (χ3v) is 5.72. The van der Waals surface area contributed by atoms with Gasteiger partial charge in [0.1, 0.15) is 17.3 Å². The van der Waals surface area contributed by atoms with Gasteiger partial charge in [-0.05, 0) is 55.6 Å². The molecule has 2 aliphatic heterocycles. The van der Waals surface area contributed by atoms with E-state index in [0.717, 1.165) is 23.3 Å². The third kappa shape index (κ3) is 3.88. The monoisotopic (exact) mass is 422 g/mol. The van der Waals surface area contributed by atoms with Crippen molar-refractivity contribution in [3.05, 3.63) is 64.7 Å². The van der Waals surface area contributed by atoms with Crippen LogP contribution < -0.4 is 9.47 Å². The van der Waals surface area contributed by atoms with Gasteiger partial charge in [0.25, 0.3) is 11.7 Å². The third-order valence-electron chi connectivity index (χ3n) is 5.72. The summed E-state index contributed by atoms with van der Waals surface area (Å²) in [5.74, 6) is 0.0195. The van der Waals surface area contributed by atoms with E-state index in [-0.39, 0.29) is 11.3 Å². The summed E-state index contributed by atoms with van der Waals surface area (Å²) in [7, 11) is 5.40. The molecule has 162 valence electrons. The Bertz CT molecular complexity index is 1040. The molecule has 31 heavy (non-hydrogen) atoms. The van der Waals surface area contributed by atoms with E-state index in [1.165, 1.54) is 4.90 Å². The van der Waals surface area contributed by atoms with Crippen molar-refractivity contribution in [1.29, 1.82) is 0 Å². The number of aliphatic hydroxyl groups is 1. The first-order chi connectivity index (χ1) is 14.9. The van der Waals surface area contributed by atoms with Crippen LogP contribution in [0.5, 0.6) is 11.5 Å². The van der Waals surface area contributed by atoms with E-state index < -0.39 is 17.7 Å². The van der Waals surface area contributed by atoms with Gasteiger partial charge < -0.3 is 24.4 Å². The minimum absolute atomic E-state index is 0.104. The summed E-state index contributed by atoms with van der Waals surface area (Å²) in [6.45, 7) is 1.55. The Morgan fingerprint density at radius 1 is 1.19 bits per heavy atom. The number of likely N-dealkylation sites (N-methyl/N-ethyl adjacent to an activating group) is 1. The topological polar surface area (TPSA) is 79.3 Å². The second-order valence-corrected chi connectivity index (χ2v) is 7.99. The lowest BCUT2D eigenvalue weighted by Gasteiger charge is -2.26. The standard InChI is InChI=1S/C24H26N2O5/c1-25(2)11-12-26-21(15-4-7-18(30-3)8-5-15)20(23(28)24(26)29)22(27)17-6-9-19-16(14-17)10-13-31-19/h4-9,14,21,27H,10-13H2,1-3H3/b22-20-. The Morgan fingerprint density at radius 3 is 2.61 bits per heavy atom. The van der Waals surface area contributed by atoms with Crippen LogP contribution in [0.4, 0.5) is 0 Å². The number of rotatable bonds is 6. The van der Waals surface area contributed by atoms with Crippen LogP contribution in [-0.2, 0) is 16.0 Å². The van der Waals surface area contributed by atoms with Crippen molar-refractivity contribution >= 4 is 17.4 Å². The zero-order valence-corrected chi connectivity index (χ0v) is 17.9. The van der Waals surface area contributed by atoms with Crippen molar-refractivity contribution in [3.63, 3.8) is 0 Å². The number of nitrogens with zero attached hydrogens (tertiary/aromatic N) is 2. The van der Waals surface area contributed by atoms with Crippen LogP contribution in [0, 0.1) is 0 Å². The second-order valence-electron chi connectivity index (χ2n) is 7.99. The average molecular weight is 422 g/mol. The summed E-state index contributed by atoms with van der Waals surface area (Å²) in [5.41, 5.74) is 2.33. The summed E-state index contributed by atoms with van der Waals surface area (Å²) < 4.78 is 10.8. The molecule has 0 bridgehead atoms. The van der Waals surface area contributed by atoms with E-state index >= 15 is 0 Å². The van der Waals surface area contributed by atoms with Gasteiger partial charge in [0.15, 0.2) is 0 Å². The number of Topliss-reactive ketones (excluding diaryl/α,β-unsaturated/α-hetero) is 1. The highest BCUT2D eigenvalue weighted by Crippen LogP contribution is 2.40. The number of likely N-dealkylation sites (tertiary alicyclic amines) is 1. The number of ketones is 1. The Labute approximate surface area is 181 Å². The molecule has 0 aliphatic carbocycles. The zero-order valence-electron chi connectivity index (χ0n) is 17.9. The normalized spacial score (nSPS) is 19.6. The van der Waals surface area contributed by atoms with Crippen LogP contribution in [0.15, 0.2) is 48.0 Å². The van der Waals surface area contributed by atoms with Gasteiger partial charge in [0.05, 0.1) is 25.3 Å². The van der Waals surface area contributed by atoms with Crippen LogP contribution >= 0.6 is 0 Å². The van der Waals surface area contributed by atoms with Gasteiger partial charge in [0, 0.05) is 25.1 Å². The molecule has 2 aromatic carbocycles. The molecule has 4 rings (SSSR count). The molecular formula is C24H26N2O5. The minimum Gasteiger partial charge on any atom is -0.507 e. The lowest BCUT2D eigenvalue weighted by molar-refractivity contribution is -0.140. The van der Waals surface area contributed by atoms with Gasteiger partial charge in [0.2, 0.25) is 0 Å². The lowest BCUT2D eigenvalue weighted by Crippen LogP contribution is -2.35. The summed E-state index contributed by atoms with van der Waals surface area (Å²) in [4.78, 5) is 29.5. The van der Waals surface area contributed by atoms with Crippen molar-refractivity contribution in [2.75, 3.05) is 40.9 Å². The van der Waals surface area contributed by atoms with E-state index in [9.17, 15) is 14.7 Å². The Hall–Kier alpha value is -3.32. The fourth-order valence-electron chi connectivity index (χ4n) is 4.04. The molecular weight excluding hydrogens is 396 g/mol. The number of ether oxygens (including phenoxy) is 2. The van der Waals surface area contributed by atoms with E-state index in [1.807, 2.05) is 37.2 Å². The Kier molecular flexibility index (Phi) is 5.69. The van der Waals surface area contributed by atoms with Gasteiger partial charge in [-0.15, -0.1) is 0 Å². The maximum absolute atomic E-state index is 13.0. The summed E-state index contributed by atoms with van der Waals surface area (Å²) in [6, 6.07) is 11.9. The Morgan fingerprint density at radius 2 is 1.94 bits per heavy atom. The molecule has 7 nitrogen and oxygen atoms in total. The maximum atomic E-state index is 13.0. The van der Waals surface area contributed by atoms with Crippen molar-refractivity contribution in [2.24, 2.45) is 0 Å². The first-order valence-electron chi connectivity index (χ1n) is 10.2. The SMILES string of the molecule is COc1ccc(C2/C(=C(/O)c3ccc4c(c3)CCO4)C(=O)C(=O)N2CCN(C)C)cc1. The van der Waals surface area contributed by atoms with Gasteiger partial charge in [-0.1, -0.05) is 12.1 Å². The molecule has 0 aromatic heterocycles. The number of amides is 1. The number of benzene rings is 2. The molecule has 1 amide bonds. The number of hydrogen-bond donors (Lipinski definition) is 1. The molecule has 1 saturated heterocycles. The largest absolute Gasteiger partial charge is 0.507 e. The molecule has 1 fully saturated rings. The highest BCUT2D eigenvalue weighted by molar-refractivity contribution is 6.46. The molecule has 1 atom stereocenters. The molecule has 2 aromatic rings. The highest BCUT2D eigenvalue weighted by atomic mass is 16.5. The fraction of sp³-hybridized carbons (Fsp3) is 0.333. The van der Waals surface area contributed by atoms with Crippen LogP contribution in [0.1, 0.15) is 22.7 Å². The van der Waals surface area contributed by atoms with Crippen LogP contribution in [0.3, 0.4) is 0 Å². The number of hydrogen-bond acceptors (Lipinski definition) is 6. The minimum atomic E-state index is -0.672. The van der Waals surface area contributed by atoms with Crippen molar-refractivity contribution < 1.29 is 24.2 Å². The molecule has 0 spiro atoms. The number of methoxy groups -OCH3 is 1.